The van der Waals surface area contributed by atoms with Gasteiger partial charge in [0.05, 0.1) is 4.90 Å². The van der Waals surface area contributed by atoms with Crippen molar-refractivity contribution in [3.63, 3.8) is 0 Å². The maximum Gasteiger partial charge on any atom is 0.241 e. The Hall–Kier alpha value is -3.55. The smallest absolute Gasteiger partial charge is 0.241 e. The lowest BCUT2D eigenvalue weighted by atomic mass is 9.85. The third-order valence-electron chi connectivity index (χ3n) is 7.93. The number of nitrogens with zero attached hydrogens (tertiary/aromatic N) is 3. The van der Waals surface area contributed by atoms with Crippen LogP contribution in [-0.4, -0.2) is 75.2 Å². The summed E-state index contributed by atoms with van der Waals surface area (Å²) in [6.07, 6.45) is 5.02. The fourth-order valence-electron chi connectivity index (χ4n) is 5.89. The quantitative estimate of drug-likeness (QED) is 0.0968. The maximum atomic E-state index is 14.3. The van der Waals surface area contributed by atoms with E-state index in [1.807, 2.05) is 44.1 Å². The first kappa shape index (κ1) is 32.4. The van der Waals surface area contributed by atoms with Crippen LogP contribution in [0.15, 0.2) is 52.9 Å². The molecule has 2 aromatic carbocycles. The fraction of sp³-hybridized carbons (Fsp3) is 0.467. The number of aromatic nitrogens is 1. The number of amides is 1. The van der Waals surface area contributed by atoms with Gasteiger partial charge in [-0.15, -0.1) is 11.3 Å². The van der Waals surface area contributed by atoms with E-state index in [-0.39, 0.29) is 35.0 Å². The zero-order valence-corrected chi connectivity index (χ0v) is 26.5. The second kappa shape index (κ2) is 14.3. The summed E-state index contributed by atoms with van der Waals surface area (Å²) in [4.78, 5) is 35.6. The van der Waals surface area contributed by atoms with Gasteiger partial charge in [0.2, 0.25) is 15.9 Å². The Balaban J connectivity index is 1.66. The van der Waals surface area contributed by atoms with Gasteiger partial charge in [0.15, 0.2) is 16.8 Å². The van der Waals surface area contributed by atoms with Gasteiger partial charge in [-0.2, -0.15) is 4.72 Å². The number of ketones is 1. The van der Waals surface area contributed by atoms with E-state index < -0.39 is 22.0 Å². The number of rotatable bonds is 13. The van der Waals surface area contributed by atoms with Crippen molar-refractivity contribution in [1.29, 1.82) is 5.41 Å². The predicted molar refractivity (Wildman–Crippen MR) is 171 cm³/mol. The summed E-state index contributed by atoms with van der Waals surface area (Å²) >= 11 is 1.29. The highest BCUT2D eigenvalue weighted by molar-refractivity contribution is 7.89. The number of guanidine groups is 1. The molecule has 1 amide bonds. The first-order valence-electron chi connectivity index (χ1n) is 14.6. The van der Waals surface area contributed by atoms with Crippen LogP contribution in [0.3, 0.4) is 0 Å². The Kier molecular flexibility index (Phi) is 10.7. The van der Waals surface area contributed by atoms with E-state index in [1.165, 1.54) is 11.3 Å². The summed E-state index contributed by atoms with van der Waals surface area (Å²) in [7, 11) is -0.342. The third kappa shape index (κ3) is 7.51. The van der Waals surface area contributed by atoms with Crippen LogP contribution in [0, 0.1) is 11.3 Å². The van der Waals surface area contributed by atoms with E-state index in [0.29, 0.717) is 42.7 Å². The highest BCUT2D eigenvalue weighted by Crippen LogP contribution is 2.32. The number of nitrogens with two attached hydrogens (primary N) is 1. The van der Waals surface area contributed by atoms with Gasteiger partial charge in [-0.05, 0) is 50.7 Å². The van der Waals surface area contributed by atoms with E-state index in [0.717, 1.165) is 23.9 Å². The first-order valence-corrected chi connectivity index (χ1v) is 16.9. The summed E-state index contributed by atoms with van der Waals surface area (Å²) < 4.78 is 30.7. The van der Waals surface area contributed by atoms with Crippen LogP contribution in [0.5, 0.6) is 0 Å². The standard InChI is InChI=1S/C30H41N7O4S2/c1-4-20(27(38)28-33-17-19-42-28)25-13-5-6-18-37(25)29(39)23(12-9-16-34-30(31)32)35-43(40,41)26-15-8-10-21-22(26)11-7-14-24(21)36(2)3/h7-8,10-11,14-15,17,19-20,23,25,35H,4-6,9,12-13,16,18H2,1-3H3,(H4,31,32,34). The minimum atomic E-state index is -4.14. The maximum absolute atomic E-state index is 14.3. The zero-order chi connectivity index (χ0) is 31.1. The van der Waals surface area contributed by atoms with Crippen molar-refractivity contribution in [3.05, 3.63) is 53.0 Å². The van der Waals surface area contributed by atoms with Crippen LogP contribution < -0.4 is 20.7 Å². The number of hydrogen-bond donors (Lipinski definition) is 4. The molecular formula is C30H41N7O4S2. The molecule has 3 unspecified atom stereocenters. The molecule has 5 N–H and O–H groups in total. The fourth-order valence-corrected chi connectivity index (χ4v) is 7.97. The molecule has 4 rings (SSSR count). The predicted octanol–water partition coefficient (Wildman–Crippen LogP) is 3.56. The molecule has 1 aromatic heterocycles. The van der Waals surface area contributed by atoms with Crippen molar-refractivity contribution in [2.24, 2.45) is 11.7 Å². The second-order valence-corrected chi connectivity index (χ2v) is 13.6. The number of carbonyl (C=O) groups is 2. The van der Waals surface area contributed by atoms with Crippen molar-refractivity contribution in [1.82, 2.24) is 19.9 Å². The molecular weight excluding hydrogens is 587 g/mol. The Labute approximate surface area is 257 Å². The molecule has 43 heavy (non-hydrogen) atoms. The number of nitrogens with one attached hydrogen (secondary N) is 3. The van der Waals surface area contributed by atoms with Gasteiger partial charge in [0, 0.05) is 67.2 Å². The molecule has 11 nitrogen and oxygen atoms in total. The van der Waals surface area contributed by atoms with Crippen molar-refractivity contribution >= 4 is 55.5 Å². The molecule has 0 spiro atoms. The van der Waals surface area contributed by atoms with E-state index >= 15 is 0 Å². The van der Waals surface area contributed by atoms with Gasteiger partial charge in [-0.25, -0.2) is 13.4 Å². The van der Waals surface area contributed by atoms with Gasteiger partial charge in [-0.1, -0.05) is 31.2 Å². The highest BCUT2D eigenvalue weighted by atomic mass is 32.2. The SMILES string of the molecule is CCC(C(=O)c1nccs1)C1CCCCN1C(=O)C(CCCNC(=N)N)NS(=O)(=O)c1cccc2c(N(C)C)cccc12. The Morgan fingerprint density at radius 2 is 1.93 bits per heavy atom. The van der Waals surface area contributed by atoms with Crippen molar-refractivity contribution in [2.75, 3.05) is 32.1 Å². The highest BCUT2D eigenvalue weighted by Gasteiger charge is 2.40. The lowest BCUT2D eigenvalue weighted by molar-refractivity contribution is -0.137. The van der Waals surface area contributed by atoms with Crippen LogP contribution >= 0.6 is 11.3 Å². The van der Waals surface area contributed by atoms with E-state index in [1.54, 1.807) is 34.7 Å². The lowest BCUT2D eigenvalue weighted by Crippen LogP contribution is -2.56. The van der Waals surface area contributed by atoms with E-state index in [9.17, 15) is 18.0 Å². The molecule has 3 aromatic rings. The number of benzene rings is 2. The number of thiazole rings is 1. The average molecular weight is 628 g/mol. The van der Waals surface area contributed by atoms with Crippen LogP contribution in [0.2, 0.25) is 0 Å². The topological polar surface area (TPSA) is 162 Å². The van der Waals surface area contributed by atoms with Gasteiger partial charge in [0.25, 0.3) is 0 Å². The van der Waals surface area contributed by atoms with Crippen molar-refractivity contribution in [3.8, 4) is 0 Å². The summed E-state index contributed by atoms with van der Waals surface area (Å²) in [6, 6.07) is 9.21. The molecule has 13 heteroatoms. The van der Waals surface area contributed by atoms with Crippen LogP contribution in [0.1, 0.15) is 55.3 Å². The first-order chi connectivity index (χ1) is 20.5. The van der Waals surface area contributed by atoms with Gasteiger partial charge in [-0.3, -0.25) is 15.0 Å². The molecule has 1 aliphatic heterocycles. The molecule has 3 atom stereocenters. The van der Waals surface area contributed by atoms with Crippen LogP contribution in [0.25, 0.3) is 10.8 Å². The second-order valence-electron chi connectivity index (χ2n) is 11.0. The van der Waals surface area contributed by atoms with E-state index in [4.69, 9.17) is 11.1 Å². The largest absolute Gasteiger partial charge is 0.377 e. The molecule has 0 radical (unpaired) electrons. The molecule has 0 saturated carbocycles. The average Bonchev–Trinajstić information content (AvgIpc) is 3.53. The number of hydrogen-bond acceptors (Lipinski definition) is 8. The summed E-state index contributed by atoms with van der Waals surface area (Å²) in [6.45, 7) is 2.68. The zero-order valence-electron chi connectivity index (χ0n) is 24.9. The number of likely N-dealkylation sites (tertiary alicyclic amines) is 1. The molecule has 2 heterocycles. The number of sulfonamides is 1. The number of Topliss-reactive ketones (excluding diaryl/α,β-unsaturated/α-hetero) is 1. The molecule has 1 aliphatic rings. The molecule has 232 valence electrons. The van der Waals surface area contributed by atoms with Crippen LogP contribution in [-0.2, 0) is 14.8 Å². The van der Waals surface area contributed by atoms with Crippen molar-refractivity contribution < 1.29 is 18.0 Å². The lowest BCUT2D eigenvalue weighted by Gasteiger charge is -2.41. The summed E-state index contributed by atoms with van der Waals surface area (Å²) in [5.74, 6) is -1.07. The Bertz CT molecular complexity index is 1540. The van der Waals surface area contributed by atoms with Crippen molar-refractivity contribution in [2.45, 2.75) is 62.4 Å². The van der Waals surface area contributed by atoms with Crippen LogP contribution in [0.4, 0.5) is 5.69 Å². The third-order valence-corrected chi connectivity index (χ3v) is 10.2. The molecule has 0 bridgehead atoms. The monoisotopic (exact) mass is 627 g/mol. The minimum absolute atomic E-state index is 0.0857. The number of carbonyl (C=O) groups excluding carboxylic acids is 2. The molecule has 1 saturated heterocycles. The molecule has 0 aliphatic carbocycles. The number of fused-ring (bicyclic) bond motifs is 1. The summed E-state index contributed by atoms with van der Waals surface area (Å²) in [5, 5.41) is 13.7. The molecule has 1 fully saturated rings. The van der Waals surface area contributed by atoms with Gasteiger partial charge >= 0.3 is 0 Å². The number of piperidine rings is 1. The Morgan fingerprint density at radius 1 is 1.19 bits per heavy atom. The normalized spacial score (nSPS) is 16.9. The minimum Gasteiger partial charge on any atom is -0.377 e. The number of anilines is 1. The summed E-state index contributed by atoms with van der Waals surface area (Å²) in [5.41, 5.74) is 6.31. The Morgan fingerprint density at radius 3 is 2.60 bits per heavy atom. The van der Waals surface area contributed by atoms with E-state index in [2.05, 4.69) is 15.0 Å². The van der Waals surface area contributed by atoms with Gasteiger partial charge in [0.1, 0.15) is 6.04 Å². The van der Waals surface area contributed by atoms with Gasteiger partial charge < -0.3 is 20.9 Å².